The first-order chi connectivity index (χ1) is 14.2. The van der Waals surface area contributed by atoms with Gasteiger partial charge in [-0.05, 0) is 49.4 Å². The van der Waals surface area contributed by atoms with Crippen LogP contribution in [-0.4, -0.2) is 52.8 Å². The van der Waals surface area contributed by atoms with E-state index in [0.29, 0.717) is 31.9 Å². The monoisotopic (exact) mass is 389 g/mol. The third-order valence-electron chi connectivity index (χ3n) is 5.97. The Bertz CT molecular complexity index is 1070. The number of aromatic nitrogens is 1. The molecule has 1 aliphatic carbocycles. The van der Waals surface area contributed by atoms with Crippen LogP contribution >= 0.6 is 0 Å². The maximum absolute atomic E-state index is 13.6. The van der Waals surface area contributed by atoms with Gasteiger partial charge in [0, 0.05) is 37.3 Å². The van der Waals surface area contributed by atoms with Gasteiger partial charge >= 0.3 is 0 Å². The highest BCUT2D eigenvalue weighted by Crippen LogP contribution is 2.30. The lowest BCUT2D eigenvalue weighted by Crippen LogP contribution is -2.50. The molecule has 0 N–H and O–H groups in total. The minimum absolute atomic E-state index is 0.0619. The lowest BCUT2D eigenvalue weighted by molar-refractivity contribution is 0.0518. The largest absolute Gasteiger partial charge is 0.459 e. The van der Waals surface area contributed by atoms with Crippen LogP contribution in [-0.2, 0) is 12.8 Å². The fourth-order valence-corrected chi connectivity index (χ4v) is 4.44. The molecular weight excluding hydrogens is 366 g/mol. The van der Waals surface area contributed by atoms with Gasteiger partial charge in [-0.15, -0.1) is 0 Å². The van der Waals surface area contributed by atoms with Crippen molar-refractivity contribution in [3.8, 4) is 0 Å². The zero-order valence-corrected chi connectivity index (χ0v) is 16.3. The van der Waals surface area contributed by atoms with E-state index in [0.717, 1.165) is 53.4 Å². The molecule has 0 atom stereocenters. The van der Waals surface area contributed by atoms with Crippen molar-refractivity contribution in [3.63, 3.8) is 0 Å². The summed E-state index contributed by atoms with van der Waals surface area (Å²) in [6, 6.07) is 11.3. The smallest absolute Gasteiger partial charge is 0.289 e. The summed E-state index contributed by atoms with van der Waals surface area (Å²) in [5.74, 6) is 0.291. The first-order valence-electron chi connectivity index (χ1n) is 10.2. The molecule has 2 aromatic heterocycles. The molecule has 1 saturated heterocycles. The second-order valence-electron chi connectivity index (χ2n) is 7.70. The van der Waals surface area contributed by atoms with Gasteiger partial charge in [0.25, 0.3) is 11.8 Å². The van der Waals surface area contributed by atoms with Gasteiger partial charge in [-0.2, -0.15) is 0 Å². The molecule has 1 fully saturated rings. The standard InChI is InChI=1S/C23H23N3O3/c27-22(20-10-5-15-29-20)25-11-13-26(14-12-25)23(28)21-16-6-1-3-8-18(16)24-19-9-4-2-7-17(19)21/h1,3,5-6,8,10,15H,2,4,7,9,11-14H2. The van der Waals surface area contributed by atoms with E-state index in [-0.39, 0.29) is 11.8 Å². The highest BCUT2D eigenvalue weighted by Gasteiger charge is 2.30. The molecule has 148 valence electrons. The summed E-state index contributed by atoms with van der Waals surface area (Å²) in [6.07, 6.45) is 5.57. The molecule has 2 amide bonds. The lowest BCUT2D eigenvalue weighted by atomic mass is 9.89. The number of nitrogens with zero attached hydrogens (tertiary/aromatic N) is 3. The second-order valence-corrected chi connectivity index (χ2v) is 7.70. The predicted octanol–water partition coefficient (Wildman–Crippen LogP) is 3.30. The molecule has 0 radical (unpaired) electrons. The number of pyridine rings is 1. The number of fused-ring (bicyclic) bond motifs is 2. The average molecular weight is 389 g/mol. The number of hydrogen-bond donors (Lipinski definition) is 0. The van der Waals surface area contributed by atoms with Gasteiger partial charge in [0.15, 0.2) is 5.76 Å². The number of hydrogen-bond acceptors (Lipinski definition) is 4. The van der Waals surface area contributed by atoms with Crippen LogP contribution in [0.25, 0.3) is 10.9 Å². The van der Waals surface area contributed by atoms with E-state index in [2.05, 4.69) is 0 Å². The molecular formula is C23H23N3O3. The van der Waals surface area contributed by atoms with Gasteiger partial charge in [-0.3, -0.25) is 14.6 Å². The Balaban J connectivity index is 1.42. The lowest BCUT2D eigenvalue weighted by Gasteiger charge is -2.35. The van der Waals surface area contributed by atoms with Crippen LogP contribution in [0.15, 0.2) is 47.1 Å². The molecule has 29 heavy (non-hydrogen) atoms. The van der Waals surface area contributed by atoms with Crippen molar-refractivity contribution in [3.05, 3.63) is 65.2 Å². The van der Waals surface area contributed by atoms with Gasteiger partial charge in [-0.25, -0.2) is 0 Å². The highest BCUT2D eigenvalue weighted by molar-refractivity contribution is 6.08. The number of amides is 2. The fraction of sp³-hybridized carbons (Fsp3) is 0.348. The molecule has 6 nitrogen and oxygen atoms in total. The number of furan rings is 1. The van der Waals surface area contributed by atoms with E-state index in [1.165, 1.54) is 6.26 Å². The Labute approximate surface area is 169 Å². The molecule has 1 aliphatic heterocycles. The topological polar surface area (TPSA) is 66.7 Å². The van der Waals surface area contributed by atoms with Gasteiger partial charge in [0.2, 0.25) is 0 Å². The minimum Gasteiger partial charge on any atom is -0.459 e. The predicted molar refractivity (Wildman–Crippen MR) is 109 cm³/mol. The van der Waals surface area contributed by atoms with Crippen molar-refractivity contribution in [2.45, 2.75) is 25.7 Å². The maximum atomic E-state index is 13.6. The first kappa shape index (κ1) is 17.9. The van der Waals surface area contributed by atoms with E-state index in [1.54, 1.807) is 17.0 Å². The van der Waals surface area contributed by atoms with Crippen LogP contribution in [0.5, 0.6) is 0 Å². The number of rotatable bonds is 2. The SMILES string of the molecule is O=C(c1ccco1)N1CCN(C(=O)c2c3c(nc4ccccc24)CCCC3)CC1. The molecule has 0 unspecified atom stereocenters. The minimum atomic E-state index is -0.117. The maximum Gasteiger partial charge on any atom is 0.289 e. The summed E-state index contributed by atoms with van der Waals surface area (Å²) in [4.78, 5) is 34.5. The Morgan fingerprint density at radius 3 is 2.34 bits per heavy atom. The molecule has 0 saturated carbocycles. The molecule has 3 heterocycles. The summed E-state index contributed by atoms with van der Waals surface area (Å²) in [5, 5.41) is 0.937. The van der Waals surface area contributed by atoms with Gasteiger partial charge in [0.05, 0.1) is 17.3 Å². The van der Waals surface area contributed by atoms with Crippen molar-refractivity contribution in [2.24, 2.45) is 0 Å². The van der Waals surface area contributed by atoms with Crippen molar-refractivity contribution < 1.29 is 14.0 Å². The Morgan fingerprint density at radius 1 is 0.862 bits per heavy atom. The third kappa shape index (κ3) is 3.18. The Hall–Kier alpha value is -3.15. The first-order valence-corrected chi connectivity index (χ1v) is 10.2. The van der Waals surface area contributed by atoms with Crippen LogP contribution in [0.1, 0.15) is 45.0 Å². The van der Waals surface area contributed by atoms with E-state index in [4.69, 9.17) is 9.40 Å². The molecule has 0 bridgehead atoms. The number of carbonyl (C=O) groups is 2. The van der Waals surface area contributed by atoms with Crippen LogP contribution in [0, 0.1) is 0 Å². The molecule has 0 spiro atoms. The van der Waals surface area contributed by atoms with Crippen LogP contribution in [0.3, 0.4) is 0 Å². The number of aryl methyl sites for hydroxylation is 1. The molecule has 5 rings (SSSR count). The van der Waals surface area contributed by atoms with Crippen molar-refractivity contribution in [2.75, 3.05) is 26.2 Å². The molecule has 6 heteroatoms. The van der Waals surface area contributed by atoms with E-state index >= 15 is 0 Å². The van der Waals surface area contributed by atoms with Crippen molar-refractivity contribution in [1.82, 2.24) is 14.8 Å². The van der Waals surface area contributed by atoms with Crippen LogP contribution in [0.4, 0.5) is 0 Å². The number of piperazine rings is 1. The Kier molecular flexibility index (Phi) is 4.54. The normalized spacial score (nSPS) is 16.7. The van der Waals surface area contributed by atoms with Gasteiger partial charge in [0.1, 0.15) is 0 Å². The molecule has 1 aromatic carbocycles. The zero-order chi connectivity index (χ0) is 19.8. The third-order valence-corrected chi connectivity index (χ3v) is 5.97. The number of benzene rings is 1. The number of carbonyl (C=O) groups excluding carboxylic acids is 2. The summed E-state index contributed by atoms with van der Waals surface area (Å²) in [7, 11) is 0. The van der Waals surface area contributed by atoms with Gasteiger partial charge in [-0.1, -0.05) is 18.2 Å². The second kappa shape index (κ2) is 7.35. The van der Waals surface area contributed by atoms with Crippen LogP contribution < -0.4 is 0 Å². The highest BCUT2D eigenvalue weighted by atomic mass is 16.3. The Morgan fingerprint density at radius 2 is 1.59 bits per heavy atom. The van der Waals surface area contributed by atoms with Crippen molar-refractivity contribution in [1.29, 1.82) is 0 Å². The van der Waals surface area contributed by atoms with Crippen LogP contribution in [0.2, 0.25) is 0 Å². The van der Waals surface area contributed by atoms with E-state index in [9.17, 15) is 9.59 Å². The molecule has 3 aromatic rings. The summed E-state index contributed by atoms with van der Waals surface area (Å²) in [6.45, 7) is 2.07. The van der Waals surface area contributed by atoms with E-state index in [1.807, 2.05) is 29.2 Å². The summed E-state index contributed by atoms with van der Waals surface area (Å²) < 4.78 is 5.22. The quantitative estimate of drug-likeness (QED) is 0.674. The fourth-order valence-electron chi connectivity index (χ4n) is 4.44. The van der Waals surface area contributed by atoms with Crippen molar-refractivity contribution >= 4 is 22.7 Å². The summed E-state index contributed by atoms with van der Waals surface area (Å²) >= 11 is 0. The zero-order valence-electron chi connectivity index (χ0n) is 16.3. The van der Waals surface area contributed by atoms with Gasteiger partial charge < -0.3 is 14.2 Å². The average Bonchev–Trinajstić information content (AvgIpc) is 3.31. The van der Waals surface area contributed by atoms with E-state index < -0.39 is 0 Å². The summed E-state index contributed by atoms with van der Waals surface area (Å²) in [5.41, 5.74) is 3.90. The molecule has 2 aliphatic rings. The number of para-hydroxylation sites is 1.